The van der Waals surface area contributed by atoms with Crippen LogP contribution in [0.15, 0.2) is 11.1 Å². The lowest BCUT2D eigenvalue weighted by molar-refractivity contribution is 0.614. The van der Waals surface area contributed by atoms with Crippen LogP contribution in [0.2, 0.25) is 5.02 Å². The molecule has 4 nitrogen and oxygen atoms in total. The van der Waals surface area contributed by atoms with Crippen LogP contribution in [0.5, 0.6) is 0 Å². The zero-order valence-electron chi connectivity index (χ0n) is 9.25. The van der Waals surface area contributed by atoms with Gasteiger partial charge >= 0.3 is 0 Å². The Labute approximate surface area is 94.3 Å². The van der Waals surface area contributed by atoms with Crippen LogP contribution in [0, 0.1) is 5.92 Å². The second kappa shape index (κ2) is 5.16. The van der Waals surface area contributed by atoms with Crippen LogP contribution < -0.4 is 10.5 Å². The van der Waals surface area contributed by atoms with Crippen molar-refractivity contribution in [3.63, 3.8) is 0 Å². The standard InChI is InChI=1S/C10H16ClN3O/c1-4-14(5-7(2)3)9-8(11)10(15)13-6-12-9/h6-7H,4-5H2,1-3H3,(H,12,13,15). The minimum Gasteiger partial charge on any atom is -0.355 e. The number of halogens is 1. The molecule has 0 bridgehead atoms. The quantitative estimate of drug-likeness (QED) is 0.858. The highest BCUT2D eigenvalue weighted by Gasteiger charge is 2.13. The van der Waals surface area contributed by atoms with Gasteiger partial charge < -0.3 is 9.88 Å². The maximum absolute atomic E-state index is 11.3. The molecule has 0 spiro atoms. The van der Waals surface area contributed by atoms with Crippen molar-refractivity contribution in [1.82, 2.24) is 9.97 Å². The molecule has 0 aliphatic rings. The zero-order valence-corrected chi connectivity index (χ0v) is 10.0. The number of aromatic nitrogens is 2. The Morgan fingerprint density at radius 2 is 2.27 bits per heavy atom. The molecule has 0 aliphatic heterocycles. The summed E-state index contributed by atoms with van der Waals surface area (Å²) in [4.78, 5) is 19.8. The van der Waals surface area contributed by atoms with Gasteiger partial charge in [-0.3, -0.25) is 4.79 Å². The van der Waals surface area contributed by atoms with E-state index in [2.05, 4.69) is 23.8 Å². The highest BCUT2D eigenvalue weighted by atomic mass is 35.5. The Kier molecular flexibility index (Phi) is 4.15. The van der Waals surface area contributed by atoms with Gasteiger partial charge in [0.1, 0.15) is 5.02 Å². The molecule has 1 aromatic rings. The fourth-order valence-corrected chi connectivity index (χ4v) is 1.62. The number of nitrogens with one attached hydrogen (secondary N) is 1. The lowest BCUT2D eigenvalue weighted by Crippen LogP contribution is -2.30. The number of aromatic amines is 1. The maximum Gasteiger partial charge on any atom is 0.271 e. The number of H-pyrrole nitrogens is 1. The van der Waals surface area contributed by atoms with E-state index in [-0.39, 0.29) is 10.6 Å². The van der Waals surface area contributed by atoms with E-state index in [0.29, 0.717) is 11.7 Å². The fourth-order valence-electron chi connectivity index (χ4n) is 1.40. The Balaban J connectivity index is 3.01. The van der Waals surface area contributed by atoms with Crippen molar-refractivity contribution in [2.45, 2.75) is 20.8 Å². The highest BCUT2D eigenvalue weighted by molar-refractivity contribution is 6.32. The fraction of sp³-hybridized carbons (Fsp3) is 0.600. The number of hydrogen-bond donors (Lipinski definition) is 1. The Morgan fingerprint density at radius 1 is 1.60 bits per heavy atom. The molecule has 0 radical (unpaired) electrons. The van der Waals surface area contributed by atoms with E-state index in [9.17, 15) is 4.79 Å². The number of hydrogen-bond acceptors (Lipinski definition) is 3. The first-order valence-electron chi connectivity index (χ1n) is 5.04. The van der Waals surface area contributed by atoms with Crippen molar-refractivity contribution in [3.8, 4) is 0 Å². The molecular formula is C10H16ClN3O. The van der Waals surface area contributed by atoms with Gasteiger partial charge in [0.25, 0.3) is 5.56 Å². The van der Waals surface area contributed by atoms with Crippen molar-refractivity contribution < 1.29 is 0 Å². The van der Waals surface area contributed by atoms with Crippen molar-refractivity contribution in [3.05, 3.63) is 21.7 Å². The number of anilines is 1. The molecule has 1 aromatic heterocycles. The molecule has 0 atom stereocenters. The topological polar surface area (TPSA) is 49.0 Å². The molecule has 1 rings (SSSR count). The molecule has 0 aromatic carbocycles. The van der Waals surface area contributed by atoms with E-state index in [1.54, 1.807) is 0 Å². The Bertz CT molecular complexity index is 375. The van der Waals surface area contributed by atoms with Gasteiger partial charge in [0.05, 0.1) is 6.33 Å². The van der Waals surface area contributed by atoms with Gasteiger partial charge in [0, 0.05) is 13.1 Å². The molecule has 1 heterocycles. The first-order chi connectivity index (χ1) is 7.06. The summed E-state index contributed by atoms with van der Waals surface area (Å²) in [6, 6.07) is 0. The molecule has 15 heavy (non-hydrogen) atoms. The van der Waals surface area contributed by atoms with Gasteiger partial charge in [-0.25, -0.2) is 4.98 Å². The molecule has 0 saturated carbocycles. The summed E-state index contributed by atoms with van der Waals surface area (Å²) in [6.45, 7) is 7.87. The third kappa shape index (κ3) is 2.96. The summed E-state index contributed by atoms with van der Waals surface area (Å²) in [6.07, 6.45) is 1.38. The predicted octanol–water partition coefficient (Wildman–Crippen LogP) is 1.91. The highest BCUT2D eigenvalue weighted by Crippen LogP contribution is 2.18. The van der Waals surface area contributed by atoms with Crippen molar-refractivity contribution in [1.29, 1.82) is 0 Å². The van der Waals surface area contributed by atoms with Crippen molar-refractivity contribution in [2.75, 3.05) is 18.0 Å². The van der Waals surface area contributed by atoms with E-state index >= 15 is 0 Å². The smallest absolute Gasteiger partial charge is 0.271 e. The van der Waals surface area contributed by atoms with Crippen molar-refractivity contribution in [2.24, 2.45) is 5.92 Å². The Morgan fingerprint density at radius 3 is 2.80 bits per heavy atom. The van der Waals surface area contributed by atoms with Crippen molar-refractivity contribution >= 4 is 17.4 Å². The normalized spacial score (nSPS) is 10.7. The monoisotopic (exact) mass is 229 g/mol. The van der Waals surface area contributed by atoms with Gasteiger partial charge in [0.2, 0.25) is 0 Å². The minimum atomic E-state index is -0.288. The first-order valence-corrected chi connectivity index (χ1v) is 5.42. The third-order valence-electron chi connectivity index (χ3n) is 2.04. The summed E-state index contributed by atoms with van der Waals surface area (Å²) < 4.78 is 0. The SMILES string of the molecule is CCN(CC(C)C)c1nc[nH]c(=O)c1Cl. The largest absolute Gasteiger partial charge is 0.355 e. The van der Waals surface area contributed by atoms with E-state index in [1.807, 2.05) is 11.8 Å². The number of nitrogens with zero attached hydrogens (tertiary/aromatic N) is 2. The lowest BCUT2D eigenvalue weighted by Gasteiger charge is -2.24. The minimum absolute atomic E-state index is 0.167. The second-order valence-corrected chi connectivity index (χ2v) is 4.18. The van der Waals surface area contributed by atoms with Crippen LogP contribution >= 0.6 is 11.6 Å². The molecule has 0 amide bonds. The second-order valence-electron chi connectivity index (χ2n) is 3.80. The average Bonchev–Trinajstić information content (AvgIpc) is 2.19. The van der Waals surface area contributed by atoms with Crippen LogP contribution in [-0.2, 0) is 0 Å². The van der Waals surface area contributed by atoms with E-state index in [1.165, 1.54) is 6.33 Å². The number of rotatable bonds is 4. The predicted molar refractivity (Wildman–Crippen MR) is 62.6 cm³/mol. The summed E-state index contributed by atoms with van der Waals surface area (Å²) in [5.41, 5.74) is -0.288. The van der Waals surface area contributed by atoms with Gasteiger partial charge in [-0.1, -0.05) is 25.4 Å². The molecule has 0 saturated heterocycles. The third-order valence-corrected chi connectivity index (χ3v) is 2.39. The summed E-state index contributed by atoms with van der Waals surface area (Å²) in [7, 11) is 0. The van der Waals surface area contributed by atoms with E-state index < -0.39 is 0 Å². The van der Waals surface area contributed by atoms with Crippen LogP contribution in [0.1, 0.15) is 20.8 Å². The molecule has 84 valence electrons. The van der Waals surface area contributed by atoms with Crippen LogP contribution in [-0.4, -0.2) is 23.1 Å². The first kappa shape index (κ1) is 12.0. The van der Waals surface area contributed by atoms with Crippen LogP contribution in [0.25, 0.3) is 0 Å². The van der Waals surface area contributed by atoms with Gasteiger partial charge in [0.15, 0.2) is 5.82 Å². The lowest BCUT2D eigenvalue weighted by atomic mass is 10.2. The van der Waals surface area contributed by atoms with Gasteiger partial charge in [-0.2, -0.15) is 0 Å². The maximum atomic E-state index is 11.3. The van der Waals surface area contributed by atoms with Crippen LogP contribution in [0.3, 0.4) is 0 Å². The summed E-state index contributed by atoms with van der Waals surface area (Å²) >= 11 is 5.90. The molecule has 0 unspecified atom stereocenters. The zero-order chi connectivity index (χ0) is 11.4. The van der Waals surface area contributed by atoms with Gasteiger partial charge in [-0.15, -0.1) is 0 Å². The van der Waals surface area contributed by atoms with E-state index in [4.69, 9.17) is 11.6 Å². The summed E-state index contributed by atoms with van der Waals surface area (Å²) in [5, 5.41) is 0.167. The molecule has 0 fully saturated rings. The van der Waals surface area contributed by atoms with Gasteiger partial charge in [-0.05, 0) is 12.8 Å². The van der Waals surface area contributed by atoms with E-state index in [0.717, 1.165) is 13.1 Å². The molecule has 5 heteroatoms. The summed E-state index contributed by atoms with van der Waals surface area (Å²) in [5.74, 6) is 1.07. The molecule has 0 aliphatic carbocycles. The molecular weight excluding hydrogens is 214 g/mol. The molecule has 1 N–H and O–H groups in total. The average molecular weight is 230 g/mol. The van der Waals surface area contributed by atoms with Crippen LogP contribution in [0.4, 0.5) is 5.82 Å². The Hall–Kier alpha value is -1.03.